The van der Waals surface area contributed by atoms with Gasteiger partial charge in [0.15, 0.2) is 14.1 Å². The zero-order chi connectivity index (χ0) is 41.0. The molecule has 2 aliphatic heterocycles. The van der Waals surface area contributed by atoms with E-state index >= 15 is 0 Å². The van der Waals surface area contributed by atoms with Crippen LogP contribution in [0, 0.1) is 17.8 Å². The van der Waals surface area contributed by atoms with Crippen LogP contribution in [0.25, 0.3) is 0 Å². The van der Waals surface area contributed by atoms with E-state index < -0.39 is 36.1 Å². The number of benzene rings is 3. The van der Waals surface area contributed by atoms with Crippen LogP contribution < -0.4 is 15.6 Å². The van der Waals surface area contributed by atoms with Gasteiger partial charge in [-0.15, -0.1) is 0 Å². The first-order valence-electron chi connectivity index (χ1n) is 21.8. The summed E-state index contributed by atoms with van der Waals surface area (Å²) in [5, 5.41) is 3.97. The molecule has 9 heteroatoms. The van der Waals surface area contributed by atoms with Gasteiger partial charge >= 0.3 is 0 Å². The van der Waals surface area contributed by atoms with E-state index in [1.165, 1.54) is 15.6 Å². The number of hydrogen-bond acceptors (Lipinski definition) is 6. The molecule has 2 heterocycles. The Morgan fingerprint density at radius 1 is 0.737 bits per heavy atom. The lowest BCUT2D eigenvalue weighted by molar-refractivity contribution is -0.302. The van der Waals surface area contributed by atoms with E-state index in [4.69, 9.17) is 23.1 Å². The molecule has 310 valence electrons. The Labute approximate surface area is 347 Å². The maximum absolute atomic E-state index is 14.3. The molecule has 2 unspecified atom stereocenters. The van der Waals surface area contributed by atoms with Crippen LogP contribution in [-0.4, -0.2) is 72.9 Å². The monoisotopic (exact) mass is 826 g/mol. The standard InChI is InChI=1S/C48H70O6Si3/c1-34-40(43-41(49)29-30-42(54-55(7,8)9)48(43)45(53-48)44(34)56(10,11)37-21-15-12-16-22-37)28-27-35-33-36(52-47(5,6)51-35)31-32-50-57(46(2,3)4,38-23-17-13-18-24-38)39-25-19-14-20-26-39/h12-26,34-36,40,42-45H,27-33H2,1-11H3/t34-,35-,36+,40+,42-,43+,44-,45?,48?/m1/s1. The van der Waals surface area contributed by atoms with Gasteiger partial charge in [-0.25, -0.2) is 0 Å². The van der Waals surface area contributed by atoms with Gasteiger partial charge in [0.2, 0.25) is 0 Å². The lowest BCUT2D eigenvalue weighted by Crippen LogP contribution is -2.66. The molecule has 3 aromatic carbocycles. The molecule has 0 amide bonds. The second-order valence-corrected chi connectivity index (χ2v) is 34.2. The molecule has 2 saturated carbocycles. The summed E-state index contributed by atoms with van der Waals surface area (Å²) in [6, 6.07) is 32.9. The SMILES string of the molecule is C[C@@H]1[C@H](CC[C@@H]2C[C@H](CCO[Si](c3ccccc3)(c3ccccc3)C(C)(C)C)OC(C)(C)O2)[C@H]2C(=O)CC[C@@H](O[Si](C)(C)C)C23OC3[C@@H]1[Si](C)(C)c1ccccc1. The van der Waals surface area contributed by atoms with Crippen LogP contribution in [0.1, 0.15) is 80.1 Å². The van der Waals surface area contributed by atoms with Gasteiger partial charge in [0.05, 0.1) is 38.4 Å². The molecular weight excluding hydrogens is 757 g/mol. The van der Waals surface area contributed by atoms with Crippen molar-refractivity contribution in [3.05, 3.63) is 91.0 Å². The smallest absolute Gasteiger partial charge is 0.261 e. The number of Topliss-reactive ketones (excluding diaryl/α,β-unsaturated/α-hetero) is 1. The average molecular weight is 827 g/mol. The fourth-order valence-corrected chi connectivity index (χ4v) is 21.6. The van der Waals surface area contributed by atoms with E-state index in [0.717, 1.165) is 32.1 Å². The normalized spacial score (nSPS) is 31.7. The number of ketones is 1. The van der Waals surface area contributed by atoms with Crippen molar-refractivity contribution in [2.24, 2.45) is 17.8 Å². The summed E-state index contributed by atoms with van der Waals surface area (Å²) in [5.41, 5.74) is -0.120. The molecule has 3 aromatic rings. The van der Waals surface area contributed by atoms with Crippen LogP contribution in [0.2, 0.25) is 43.3 Å². The zero-order valence-corrected chi connectivity index (χ0v) is 39.7. The Kier molecular flexibility index (Phi) is 12.0. The van der Waals surface area contributed by atoms with Gasteiger partial charge < -0.3 is 23.1 Å². The molecule has 2 aliphatic carbocycles. The third-order valence-electron chi connectivity index (χ3n) is 14.0. The lowest BCUT2D eigenvalue weighted by Gasteiger charge is -2.51. The van der Waals surface area contributed by atoms with Gasteiger partial charge in [0.1, 0.15) is 11.4 Å². The number of rotatable bonds is 13. The first-order valence-corrected chi connectivity index (χ1v) is 30.2. The van der Waals surface area contributed by atoms with Crippen molar-refractivity contribution in [1.82, 2.24) is 0 Å². The van der Waals surface area contributed by atoms with Gasteiger partial charge in [0.25, 0.3) is 8.32 Å². The molecule has 0 bridgehead atoms. The third-order valence-corrected chi connectivity index (χ3v) is 24.3. The minimum absolute atomic E-state index is 0.00578. The Morgan fingerprint density at radius 3 is 1.79 bits per heavy atom. The molecule has 6 nitrogen and oxygen atoms in total. The second-order valence-electron chi connectivity index (χ2n) is 20.7. The molecule has 7 rings (SSSR count). The van der Waals surface area contributed by atoms with Crippen LogP contribution in [0.4, 0.5) is 0 Å². The number of carbonyl (C=O) groups is 1. The van der Waals surface area contributed by atoms with Crippen LogP contribution in [0.5, 0.6) is 0 Å². The van der Waals surface area contributed by atoms with Crippen molar-refractivity contribution in [2.45, 2.75) is 159 Å². The highest BCUT2D eigenvalue weighted by molar-refractivity contribution is 6.99. The predicted octanol–water partition coefficient (Wildman–Crippen LogP) is 9.23. The average Bonchev–Trinajstić information content (AvgIpc) is 3.87. The van der Waals surface area contributed by atoms with E-state index in [1.807, 2.05) is 0 Å². The highest BCUT2D eigenvalue weighted by Gasteiger charge is 2.78. The lowest BCUT2D eigenvalue weighted by atomic mass is 9.58. The fraction of sp³-hybridized carbons (Fsp3) is 0.604. The molecule has 1 spiro atoms. The minimum Gasteiger partial charge on any atom is -0.412 e. The van der Waals surface area contributed by atoms with Crippen molar-refractivity contribution >= 4 is 46.1 Å². The topological polar surface area (TPSA) is 66.5 Å². The summed E-state index contributed by atoms with van der Waals surface area (Å²) in [6.45, 7) is 26.0. The molecular formula is C48H70O6Si3. The zero-order valence-electron chi connectivity index (χ0n) is 36.7. The number of hydrogen-bond donors (Lipinski definition) is 0. The van der Waals surface area contributed by atoms with E-state index in [1.54, 1.807) is 0 Å². The molecule has 0 N–H and O–H groups in total. The number of carbonyl (C=O) groups excluding carboxylic acids is 1. The summed E-state index contributed by atoms with van der Waals surface area (Å²) >= 11 is 0. The second kappa shape index (κ2) is 16.0. The van der Waals surface area contributed by atoms with Crippen LogP contribution in [0.3, 0.4) is 0 Å². The maximum atomic E-state index is 14.3. The van der Waals surface area contributed by atoms with Crippen molar-refractivity contribution < 1.29 is 27.9 Å². The minimum atomic E-state index is -2.66. The third kappa shape index (κ3) is 8.30. The highest BCUT2D eigenvalue weighted by atomic mass is 28.4. The molecule has 0 aromatic heterocycles. The first-order chi connectivity index (χ1) is 26.8. The predicted molar refractivity (Wildman–Crippen MR) is 239 cm³/mol. The number of epoxide rings is 1. The molecule has 57 heavy (non-hydrogen) atoms. The molecule has 0 radical (unpaired) electrons. The fourth-order valence-electron chi connectivity index (χ4n) is 11.7. The van der Waals surface area contributed by atoms with E-state index in [9.17, 15) is 4.79 Å². The molecule has 9 atom stereocenters. The van der Waals surface area contributed by atoms with Crippen molar-refractivity contribution in [3.8, 4) is 0 Å². The quantitative estimate of drug-likeness (QED) is 0.127. The van der Waals surface area contributed by atoms with E-state index in [0.29, 0.717) is 30.3 Å². The highest BCUT2D eigenvalue weighted by Crippen LogP contribution is 2.67. The van der Waals surface area contributed by atoms with Crippen molar-refractivity contribution in [2.75, 3.05) is 6.61 Å². The van der Waals surface area contributed by atoms with Gasteiger partial charge in [-0.3, -0.25) is 4.79 Å². The van der Waals surface area contributed by atoms with Crippen molar-refractivity contribution in [1.29, 1.82) is 0 Å². The van der Waals surface area contributed by atoms with E-state index in [2.05, 4.69) is 165 Å². The molecule has 4 fully saturated rings. The van der Waals surface area contributed by atoms with Crippen LogP contribution in [-0.2, 0) is 27.9 Å². The summed E-state index contributed by atoms with van der Waals surface area (Å²) < 4.78 is 34.8. The number of ether oxygens (including phenoxy) is 3. The summed E-state index contributed by atoms with van der Waals surface area (Å²) in [7, 11) is -6.59. The Morgan fingerprint density at radius 2 is 1.26 bits per heavy atom. The summed E-state index contributed by atoms with van der Waals surface area (Å²) in [5.74, 6) is 0.0882. The van der Waals surface area contributed by atoms with E-state index in [-0.39, 0.29) is 41.3 Å². The maximum Gasteiger partial charge on any atom is 0.261 e. The Balaban J connectivity index is 1.12. The molecule has 2 saturated heterocycles. The molecule has 4 aliphatic rings. The van der Waals surface area contributed by atoms with Crippen LogP contribution >= 0.6 is 0 Å². The van der Waals surface area contributed by atoms with Gasteiger partial charge in [-0.05, 0) is 92.0 Å². The van der Waals surface area contributed by atoms with Gasteiger partial charge in [0, 0.05) is 19.4 Å². The summed E-state index contributed by atoms with van der Waals surface area (Å²) in [4.78, 5) is 14.3. The van der Waals surface area contributed by atoms with Crippen LogP contribution in [0.15, 0.2) is 91.0 Å². The first kappa shape index (κ1) is 42.9. The summed E-state index contributed by atoms with van der Waals surface area (Å²) in [6.07, 6.45) is 4.85. The Bertz CT molecular complexity index is 1780. The Hall–Kier alpha value is -2.22. The van der Waals surface area contributed by atoms with Gasteiger partial charge in [-0.2, -0.15) is 0 Å². The van der Waals surface area contributed by atoms with Gasteiger partial charge in [-0.1, -0.05) is 137 Å². The van der Waals surface area contributed by atoms with Crippen molar-refractivity contribution in [3.63, 3.8) is 0 Å². The largest absolute Gasteiger partial charge is 0.412 e.